The Bertz CT molecular complexity index is 1360. The first-order chi connectivity index (χ1) is 16.8. The van der Waals surface area contributed by atoms with Gasteiger partial charge in [-0.15, -0.1) is 10.2 Å². The molecule has 0 bridgehead atoms. The van der Waals surface area contributed by atoms with Crippen LogP contribution in [0.25, 0.3) is 5.69 Å². The molecular weight excluding hydrogens is 485 g/mol. The van der Waals surface area contributed by atoms with Gasteiger partial charge in [0.15, 0.2) is 11.0 Å². The van der Waals surface area contributed by atoms with Crippen molar-refractivity contribution in [2.24, 2.45) is 0 Å². The molecule has 1 atom stereocenters. The first-order valence-electron chi connectivity index (χ1n) is 11.0. The Hall–Kier alpha value is -3.36. The minimum absolute atomic E-state index is 0.358. The number of carbonyl (C=O) groups excluding carboxylic acids is 1. The van der Waals surface area contributed by atoms with Crippen LogP contribution in [-0.4, -0.2) is 20.8 Å². The van der Waals surface area contributed by atoms with Gasteiger partial charge in [-0.05, 0) is 62.2 Å². The molecule has 0 saturated heterocycles. The van der Waals surface area contributed by atoms with E-state index in [1.807, 2.05) is 42.7 Å². The molecular formula is C26H25ClFN5OS. The van der Waals surface area contributed by atoms with Crippen molar-refractivity contribution in [2.75, 3.05) is 5.32 Å². The van der Waals surface area contributed by atoms with Crippen LogP contribution in [-0.2, 0) is 5.75 Å². The maximum atomic E-state index is 13.5. The number of nitrogens with one attached hydrogen (secondary N) is 2. The molecule has 1 heterocycles. The number of hydrogen-bond acceptors (Lipinski definition) is 4. The molecule has 0 radical (unpaired) electrons. The Kier molecular flexibility index (Phi) is 7.73. The average Bonchev–Trinajstić information content (AvgIpc) is 3.23. The van der Waals surface area contributed by atoms with Crippen LogP contribution in [0.3, 0.4) is 0 Å². The Balaban J connectivity index is 1.61. The van der Waals surface area contributed by atoms with Crippen molar-refractivity contribution in [1.82, 2.24) is 20.1 Å². The normalized spacial score (nSPS) is 11.8. The molecule has 2 N–H and O–H groups in total. The third kappa shape index (κ3) is 6.21. The molecule has 0 aliphatic heterocycles. The van der Waals surface area contributed by atoms with E-state index in [0.29, 0.717) is 27.4 Å². The minimum atomic E-state index is -0.497. The monoisotopic (exact) mass is 509 g/mol. The number of carbonyl (C=O) groups is 1. The molecule has 0 saturated carbocycles. The number of aryl methyl sites for hydroxylation is 2. The lowest BCUT2D eigenvalue weighted by Crippen LogP contribution is -2.32. The van der Waals surface area contributed by atoms with Crippen molar-refractivity contribution in [3.05, 3.63) is 100 Å². The summed E-state index contributed by atoms with van der Waals surface area (Å²) in [5, 5.41) is 15.6. The van der Waals surface area contributed by atoms with Crippen LogP contribution < -0.4 is 10.6 Å². The smallest absolute Gasteiger partial charge is 0.319 e. The Labute approximate surface area is 212 Å². The Morgan fingerprint density at radius 1 is 1.09 bits per heavy atom. The van der Waals surface area contributed by atoms with E-state index in [4.69, 9.17) is 11.6 Å². The first-order valence-corrected chi connectivity index (χ1v) is 12.4. The van der Waals surface area contributed by atoms with Gasteiger partial charge in [-0.2, -0.15) is 0 Å². The number of thioether (sulfide) groups is 1. The zero-order chi connectivity index (χ0) is 24.9. The lowest BCUT2D eigenvalue weighted by atomic mass is 10.2. The van der Waals surface area contributed by atoms with Gasteiger partial charge >= 0.3 is 6.03 Å². The highest BCUT2D eigenvalue weighted by Gasteiger charge is 2.22. The SMILES string of the molecule is Cc1cccc(CSc2nnc(C(C)NC(=O)Nc3cccc(F)c3)n2-c2cc(Cl)ccc2C)c1. The topological polar surface area (TPSA) is 71.8 Å². The lowest BCUT2D eigenvalue weighted by Gasteiger charge is -2.18. The van der Waals surface area contributed by atoms with Crippen LogP contribution in [0.4, 0.5) is 14.9 Å². The van der Waals surface area contributed by atoms with Crippen LogP contribution in [0.1, 0.15) is 35.5 Å². The van der Waals surface area contributed by atoms with Crippen molar-refractivity contribution >= 4 is 35.1 Å². The largest absolute Gasteiger partial charge is 0.328 e. The van der Waals surface area contributed by atoms with Crippen molar-refractivity contribution in [2.45, 2.75) is 37.7 Å². The van der Waals surface area contributed by atoms with Crippen LogP contribution in [0.2, 0.25) is 5.02 Å². The summed E-state index contributed by atoms with van der Waals surface area (Å²) in [4.78, 5) is 12.6. The molecule has 4 rings (SSSR count). The third-order valence-corrected chi connectivity index (χ3v) is 6.57. The molecule has 1 aromatic heterocycles. The van der Waals surface area contributed by atoms with Gasteiger partial charge in [-0.25, -0.2) is 9.18 Å². The molecule has 0 aliphatic rings. The predicted octanol–water partition coefficient (Wildman–Crippen LogP) is 6.85. The number of halogens is 2. The number of amides is 2. The van der Waals surface area contributed by atoms with Crippen LogP contribution in [0, 0.1) is 19.7 Å². The number of benzene rings is 3. The van der Waals surface area contributed by atoms with E-state index < -0.39 is 17.9 Å². The fourth-order valence-corrected chi connectivity index (χ4v) is 4.71. The van der Waals surface area contributed by atoms with Gasteiger partial charge in [0.05, 0.1) is 11.7 Å². The van der Waals surface area contributed by atoms with E-state index in [2.05, 4.69) is 46.0 Å². The summed E-state index contributed by atoms with van der Waals surface area (Å²) in [6.45, 7) is 5.87. The Morgan fingerprint density at radius 2 is 1.89 bits per heavy atom. The van der Waals surface area contributed by atoms with Gasteiger partial charge < -0.3 is 10.6 Å². The second-order valence-electron chi connectivity index (χ2n) is 8.22. The molecule has 2 amide bonds. The maximum Gasteiger partial charge on any atom is 0.319 e. The number of aromatic nitrogens is 3. The average molecular weight is 510 g/mol. The van der Waals surface area contributed by atoms with E-state index in [0.717, 1.165) is 11.3 Å². The lowest BCUT2D eigenvalue weighted by molar-refractivity contribution is 0.249. The Morgan fingerprint density at radius 3 is 2.66 bits per heavy atom. The summed E-state index contributed by atoms with van der Waals surface area (Å²) in [7, 11) is 0. The van der Waals surface area contributed by atoms with E-state index in [9.17, 15) is 9.18 Å². The van der Waals surface area contributed by atoms with Crippen LogP contribution in [0.15, 0.2) is 71.9 Å². The summed E-state index contributed by atoms with van der Waals surface area (Å²) in [5.74, 6) is 0.834. The van der Waals surface area contributed by atoms with Crippen LogP contribution >= 0.6 is 23.4 Å². The summed E-state index contributed by atoms with van der Waals surface area (Å²) in [6.07, 6.45) is 0. The van der Waals surface area contributed by atoms with E-state index >= 15 is 0 Å². The number of hydrogen-bond donors (Lipinski definition) is 2. The maximum absolute atomic E-state index is 13.5. The van der Waals surface area contributed by atoms with Crippen molar-refractivity contribution in [3.8, 4) is 5.69 Å². The molecule has 0 spiro atoms. The summed E-state index contributed by atoms with van der Waals surface area (Å²) >= 11 is 7.88. The van der Waals surface area contributed by atoms with Gasteiger partial charge in [0, 0.05) is 16.5 Å². The second kappa shape index (κ2) is 10.9. The first kappa shape index (κ1) is 24.8. The molecule has 4 aromatic rings. The molecule has 3 aromatic carbocycles. The molecule has 0 aliphatic carbocycles. The number of rotatable bonds is 7. The molecule has 35 heavy (non-hydrogen) atoms. The number of nitrogens with zero attached hydrogens (tertiary/aromatic N) is 3. The van der Waals surface area contributed by atoms with Gasteiger partial charge in [0.2, 0.25) is 0 Å². The number of urea groups is 1. The van der Waals surface area contributed by atoms with Crippen molar-refractivity contribution in [3.63, 3.8) is 0 Å². The van der Waals surface area contributed by atoms with E-state index in [1.54, 1.807) is 17.8 Å². The van der Waals surface area contributed by atoms with Gasteiger partial charge in [0.25, 0.3) is 0 Å². The molecule has 180 valence electrons. The quantitative estimate of drug-likeness (QED) is 0.267. The highest BCUT2D eigenvalue weighted by molar-refractivity contribution is 7.98. The van der Waals surface area contributed by atoms with Gasteiger partial charge in [-0.3, -0.25) is 4.57 Å². The zero-order valence-electron chi connectivity index (χ0n) is 19.5. The van der Waals surface area contributed by atoms with Crippen molar-refractivity contribution < 1.29 is 9.18 Å². The fourth-order valence-electron chi connectivity index (χ4n) is 3.65. The third-order valence-electron chi connectivity index (χ3n) is 5.34. The highest BCUT2D eigenvalue weighted by Crippen LogP contribution is 2.30. The zero-order valence-corrected chi connectivity index (χ0v) is 21.1. The van der Waals surface area contributed by atoms with Crippen molar-refractivity contribution in [1.29, 1.82) is 0 Å². The second-order valence-corrected chi connectivity index (χ2v) is 9.59. The standard InChI is InChI=1S/C26H25ClFN5OS/c1-16-6-4-7-19(12-16)15-35-26-32-31-24(33(26)23-13-20(27)11-10-17(23)2)18(3)29-25(34)30-22-9-5-8-21(28)14-22/h4-14,18H,15H2,1-3H3,(H2,29,30,34). The molecule has 1 unspecified atom stereocenters. The summed E-state index contributed by atoms with van der Waals surface area (Å²) < 4.78 is 15.4. The van der Waals surface area contributed by atoms with E-state index in [1.165, 1.54) is 29.3 Å². The van der Waals surface area contributed by atoms with Crippen LogP contribution in [0.5, 0.6) is 0 Å². The summed E-state index contributed by atoms with van der Waals surface area (Å²) in [6, 6.07) is 18.7. The highest BCUT2D eigenvalue weighted by atomic mass is 35.5. The van der Waals surface area contributed by atoms with Gasteiger partial charge in [0.1, 0.15) is 5.82 Å². The minimum Gasteiger partial charge on any atom is -0.328 e. The van der Waals surface area contributed by atoms with Gasteiger partial charge in [-0.1, -0.05) is 65.3 Å². The molecule has 9 heteroatoms. The van der Waals surface area contributed by atoms with E-state index in [-0.39, 0.29) is 0 Å². The predicted molar refractivity (Wildman–Crippen MR) is 139 cm³/mol. The molecule has 6 nitrogen and oxygen atoms in total. The molecule has 0 fully saturated rings. The number of anilines is 1. The fraction of sp³-hybridized carbons (Fsp3) is 0.192. The summed E-state index contributed by atoms with van der Waals surface area (Å²) in [5.41, 5.74) is 4.55.